The number of ether oxygens (including phenoxy) is 2. The first-order valence-corrected chi connectivity index (χ1v) is 5.05. The fourth-order valence-electron chi connectivity index (χ4n) is 1.49. The normalized spacial score (nSPS) is 15.3. The monoisotopic (exact) mass is 202 g/mol. The molecule has 0 saturated heterocycles. The van der Waals surface area contributed by atoms with Crippen LogP contribution >= 0.6 is 0 Å². The standard InChI is InChI=1S/C13H14O2/c1-14-11-7-9-13(10-8-11)15-12-5-3-2-4-6-12/h2-7,9H,8,10H2,1H3. The van der Waals surface area contributed by atoms with Gasteiger partial charge in [0.25, 0.3) is 0 Å². The molecular formula is C13H14O2. The van der Waals surface area contributed by atoms with Gasteiger partial charge in [-0.15, -0.1) is 0 Å². The second kappa shape index (κ2) is 4.69. The minimum absolute atomic E-state index is 0.887. The molecule has 0 atom stereocenters. The van der Waals surface area contributed by atoms with Gasteiger partial charge in [0.2, 0.25) is 0 Å². The first-order valence-electron chi connectivity index (χ1n) is 5.05. The molecule has 0 bridgehead atoms. The first kappa shape index (κ1) is 9.84. The summed E-state index contributed by atoms with van der Waals surface area (Å²) >= 11 is 0. The molecule has 0 aromatic heterocycles. The lowest BCUT2D eigenvalue weighted by Gasteiger charge is -2.14. The molecule has 15 heavy (non-hydrogen) atoms. The van der Waals surface area contributed by atoms with Gasteiger partial charge in [-0.2, -0.15) is 0 Å². The zero-order valence-electron chi connectivity index (χ0n) is 8.77. The summed E-state index contributed by atoms with van der Waals surface area (Å²) < 4.78 is 10.9. The van der Waals surface area contributed by atoms with Crippen molar-refractivity contribution >= 4 is 0 Å². The van der Waals surface area contributed by atoms with Gasteiger partial charge < -0.3 is 9.47 Å². The fraction of sp³-hybridized carbons (Fsp3) is 0.231. The molecule has 1 aromatic rings. The van der Waals surface area contributed by atoms with Crippen molar-refractivity contribution in [2.75, 3.05) is 7.11 Å². The Morgan fingerprint density at radius 2 is 1.60 bits per heavy atom. The highest BCUT2D eigenvalue weighted by Crippen LogP contribution is 2.22. The summed E-state index contributed by atoms with van der Waals surface area (Å²) in [5, 5.41) is 0. The molecule has 1 aliphatic carbocycles. The number of hydrogen-bond acceptors (Lipinski definition) is 2. The SMILES string of the molecule is COC1=CC=C(Oc2ccccc2)CC1. The highest BCUT2D eigenvalue weighted by molar-refractivity contribution is 5.26. The average Bonchev–Trinajstić information content (AvgIpc) is 2.31. The van der Waals surface area contributed by atoms with Crippen molar-refractivity contribution in [2.24, 2.45) is 0 Å². The number of rotatable bonds is 3. The molecule has 1 aliphatic rings. The molecule has 2 heteroatoms. The maximum absolute atomic E-state index is 5.71. The van der Waals surface area contributed by atoms with Crippen molar-refractivity contribution in [2.45, 2.75) is 12.8 Å². The van der Waals surface area contributed by atoms with Crippen LogP contribution in [0.4, 0.5) is 0 Å². The maximum Gasteiger partial charge on any atom is 0.126 e. The Hall–Kier alpha value is -1.70. The fourth-order valence-corrected chi connectivity index (χ4v) is 1.49. The molecule has 0 aliphatic heterocycles. The lowest BCUT2D eigenvalue weighted by Crippen LogP contribution is -2.01. The third-order valence-corrected chi connectivity index (χ3v) is 2.33. The lowest BCUT2D eigenvalue weighted by molar-refractivity contribution is 0.268. The highest BCUT2D eigenvalue weighted by atomic mass is 16.5. The summed E-state index contributed by atoms with van der Waals surface area (Å²) in [4.78, 5) is 0. The zero-order valence-corrected chi connectivity index (χ0v) is 8.77. The molecule has 78 valence electrons. The molecule has 0 fully saturated rings. The van der Waals surface area contributed by atoms with Crippen molar-refractivity contribution in [3.8, 4) is 5.75 Å². The zero-order chi connectivity index (χ0) is 10.5. The summed E-state index contributed by atoms with van der Waals surface area (Å²) in [6.45, 7) is 0. The molecule has 2 nitrogen and oxygen atoms in total. The minimum Gasteiger partial charge on any atom is -0.501 e. The smallest absolute Gasteiger partial charge is 0.126 e. The number of hydrogen-bond donors (Lipinski definition) is 0. The van der Waals surface area contributed by atoms with Gasteiger partial charge >= 0.3 is 0 Å². The molecule has 0 heterocycles. The molecule has 2 rings (SSSR count). The first-order chi connectivity index (χ1) is 7.38. The van der Waals surface area contributed by atoms with Gasteiger partial charge in [0, 0.05) is 12.8 Å². The number of benzene rings is 1. The molecule has 1 aromatic carbocycles. The Morgan fingerprint density at radius 1 is 0.933 bits per heavy atom. The van der Waals surface area contributed by atoms with Gasteiger partial charge in [0.05, 0.1) is 12.9 Å². The van der Waals surface area contributed by atoms with Crippen LogP contribution in [0.25, 0.3) is 0 Å². The van der Waals surface area contributed by atoms with Gasteiger partial charge in [0.15, 0.2) is 0 Å². The van der Waals surface area contributed by atoms with E-state index >= 15 is 0 Å². The largest absolute Gasteiger partial charge is 0.501 e. The van der Waals surface area contributed by atoms with Crippen LogP contribution in [-0.2, 0) is 4.74 Å². The predicted molar refractivity (Wildman–Crippen MR) is 59.5 cm³/mol. The quantitative estimate of drug-likeness (QED) is 0.748. The number of allylic oxidation sites excluding steroid dienone is 4. The Kier molecular flexibility index (Phi) is 3.08. The Bertz CT molecular complexity index is 377. The number of methoxy groups -OCH3 is 1. The van der Waals surface area contributed by atoms with Gasteiger partial charge in [-0.05, 0) is 24.3 Å². The van der Waals surface area contributed by atoms with E-state index in [1.165, 1.54) is 0 Å². The van der Waals surface area contributed by atoms with Crippen LogP contribution in [-0.4, -0.2) is 7.11 Å². The van der Waals surface area contributed by atoms with Gasteiger partial charge in [-0.25, -0.2) is 0 Å². The van der Waals surface area contributed by atoms with Crippen LogP contribution in [0.2, 0.25) is 0 Å². The van der Waals surface area contributed by atoms with E-state index in [9.17, 15) is 0 Å². The van der Waals surface area contributed by atoms with Crippen molar-refractivity contribution in [3.05, 3.63) is 54.0 Å². The van der Waals surface area contributed by atoms with Crippen LogP contribution in [0.3, 0.4) is 0 Å². The highest BCUT2D eigenvalue weighted by Gasteiger charge is 2.07. The van der Waals surface area contributed by atoms with Crippen molar-refractivity contribution in [3.63, 3.8) is 0 Å². The third kappa shape index (κ3) is 2.62. The molecule has 0 radical (unpaired) electrons. The molecule has 0 amide bonds. The summed E-state index contributed by atoms with van der Waals surface area (Å²) in [5.41, 5.74) is 0. The van der Waals surface area contributed by atoms with E-state index in [-0.39, 0.29) is 0 Å². The van der Waals surface area contributed by atoms with E-state index in [1.807, 2.05) is 42.5 Å². The van der Waals surface area contributed by atoms with Gasteiger partial charge in [-0.3, -0.25) is 0 Å². The lowest BCUT2D eigenvalue weighted by atomic mass is 10.1. The Labute approximate surface area is 89.8 Å². The van der Waals surface area contributed by atoms with E-state index in [2.05, 4.69) is 0 Å². The van der Waals surface area contributed by atoms with Crippen LogP contribution in [0.15, 0.2) is 54.0 Å². The molecule has 0 unspecified atom stereocenters. The molecule has 0 N–H and O–H groups in total. The van der Waals surface area contributed by atoms with Crippen molar-refractivity contribution in [1.82, 2.24) is 0 Å². The van der Waals surface area contributed by atoms with E-state index in [0.29, 0.717) is 0 Å². The summed E-state index contributed by atoms with van der Waals surface area (Å²) in [6.07, 6.45) is 5.74. The Morgan fingerprint density at radius 3 is 2.20 bits per heavy atom. The second-order valence-electron chi connectivity index (χ2n) is 3.39. The average molecular weight is 202 g/mol. The van der Waals surface area contributed by atoms with Gasteiger partial charge in [-0.1, -0.05) is 18.2 Å². The molecular weight excluding hydrogens is 188 g/mol. The minimum atomic E-state index is 0.887. The Balaban J connectivity index is 2.03. The van der Waals surface area contributed by atoms with E-state index in [0.717, 1.165) is 30.1 Å². The number of para-hydroxylation sites is 1. The van der Waals surface area contributed by atoms with Crippen LogP contribution < -0.4 is 4.74 Å². The van der Waals surface area contributed by atoms with Gasteiger partial charge in [0.1, 0.15) is 11.5 Å². The second-order valence-corrected chi connectivity index (χ2v) is 3.39. The van der Waals surface area contributed by atoms with E-state index < -0.39 is 0 Å². The van der Waals surface area contributed by atoms with Crippen LogP contribution in [0.1, 0.15) is 12.8 Å². The molecule has 0 saturated carbocycles. The van der Waals surface area contributed by atoms with Crippen molar-refractivity contribution < 1.29 is 9.47 Å². The topological polar surface area (TPSA) is 18.5 Å². The predicted octanol–water partition coefficient (Wildman–Crippen LogP) is 3.27. The van der Waals surface area contributed by atoms with E-state index in [1.54, 1.807) is 7.11 Å². The van der Waals surface area contributed by atoms with Crippen LogP contribution in [0, 0.1) is 0 Å². The van der Waals surface area contributed by atoms with Crippen molar-refractivity contribution in [1.29, 1.82) is 0 Å². The summed E-state index contributed by atoms with van der Waals surface area (Å²) in [7, 11) is 1.70. The third-order valence-electron chi connectivity index (χ3n) is 2.33. The van der Waals surface area contributed by atoms with Crippen LogP contribution in [0.5, 0.6) is 5.75 Å². The molecule has 0 spiro atoms. The summed E-state index contributed by atoms with van der Waals surface area (Å²) in [5.74, 6) is 2.88. The summed E-state index contributed by atoms with van der Waals surface area (Å²) in [6, 6.07) is 9.82. The van der Waals surface area contributed by atoms with E-state index in [4.69, 9.17) is 9.47 Å². The maximum atomic E-state index is 5.71.